The lowest BCUT2D eigenvalue weighted by molar-refractivity contribution is 0.0952. The second kappa shape index (κ2) is 5.74. The van der Waals surface area contributed by atoms with Gasteiger partial charge in [-0.3, -0.25) is 4.79 Å². The second-order valence-corrected chi connectivity index (χ2v) is 2.71. The summed E-state index contributed by atoms with van der Waals surface area (Å²) in [4.78, 5) is 19.2. The molecule has 0 aliphatic heterocycles. The summed E-state index contributed by atoms with van der Waals surface area (Å²) in [7, 11) is 1.46. The normalized spacial score (nSPS) is 10.3. The Morgan fingerprint density at radius 1 is 1.67 bits per heavy atom. The number of hydrogen-bond acceptors (Lipinski definition) is 4. The van der Waals surface area contributed by atoms with Crippen molar-refractivity contribution in [2.24, 2.45) is 0 Å². The van der Waals surface area contributed by atoms with E-state index in [0.717, 1.165) is 0 Å². The van der Waals surface area contributed by atoms with Crippen molar-refractivity contribution in [1.82, 2.24) is 15.3 Å². The third-order valence-electron chi connectivity index (χ3n) is 1.66. The van der Waals surface area contributed by atoms with Gasteiger partial charge in [0.25, 0.3) is 5.91 Å². The van der Waals surface area contributed by atoms with E-state index in [9.17, 15) is 4.79 Å². The minimum Gasteiger partial charge on any atom is -0.467 e. The van der Waals surface area contributed by atoms with Crippen LogP contribution in [0.5, 0.6) is 6.01 Å². The van der Waals surface area contributed by atoms with Crippen molar-refractivity contribution in [3.05, 3.63) is 30.1 Å². The maximum absolute atomic E-state index is 11.5. The molecule has 1 heterocycles. The number of amides is 1. The van der Waals surface area contributed by atoms with Crippen LogP contribution in [0.2, 0.25) is 0 Å². The minimum atomic E-state index is -0.242. The molecule has 0 saturated carbocycles. The molecule has 0 bridgehead atoms. The zero-order valence-electron chi connectivity index (χ0n) is 8.73. The number of nitrogens with one attached hydrogen (secondary N) is 1. The Bertz CT molecular complexity index is 363. The lowest BCUT2D eigenvalue weighted by Gasteiger charge is -2.02. The fourth-order valence-corrected chi connectivity index (χ4v) is 0.926. The van der Waals surface area contributed by atoms with E-state index in [1.165, 1.54) is 19.4 Å². The highest BCUT2D eigenvalue weighted by atomic mass is 16.5. The molecule has 5 nitrogen and oxygen atoms in total. The second-order valence-electron chi connectivity index (χ2n) is 2.71. The van der Waals surface area contributed by atoms with Crippen LogP contribution in [-0.4, -0.2) is 29.5 Å². The number of carbonyl (C=O) groups is 1. The number of ether oxygens (including phenoxy) is 1. The molecule has 0 aromatic carbocycles. The number of rotatable bonds is 4. The third kappa shape index (κ3) is 3.38. The molecule has 0 fully saturated rings. The summed E-state index contributed by atoms with van der Waals surface area (Å²) in [5, 5.41) is 2.68. The fraction of sp³-hybridized carbons (Fsp3) is 0.300. The largest absolute Gasteiger partial charge is 0.467 e. The van der Waals surface area contributed by atoms with Crippen LogP contribution in [0.1, 0.15) is 17.4 Å². The van der Waals surface area contributed by atoms with Crippen LogP contribution in [-0.2, 0) is 0 Å². The molecule has 1 rings (SSSR count). The summed E-state index contributed by atoms with van der Waals surface area (Å²) in [6, 6.07) is 1.72. The van der Waals surface area contributed by atoms with E-state index in [0.29, 0.717) is 12.2 Å². The predicted octanol–water partition coefficient (Wildman–Crippen LogP) is 0.791. The fourth-order valence-electron chi connectivity index (χ4n) is 0.926. The van der Waals surface area contributed by atoms with Crippen LogP contribution in [0.3, 0.4) is 0 Å². The van der Waals surface area contributed by atoms with Crippen molar-refractivity contribution in [2.45, 2.75) is 6.92 Å². The molecular weight excluding hydrogens is 194 g/mol. The lowest BCUT2D eigenvalue weighted by Crippen LogP contribution is -2.24. The minimum absolute atomic E-state index is 0.189. The Morgan fingerprint density at radius 3 is 3.13 bits per heavy atom. The molecule has 1 aromatic rings. The summed E-state index contributed by atoms with van der Waals surface area (Å²) in [6.45, 7) is 2.38. The first kappa shape index (κ1) is 11.2. The van der Waals surface area contributed by atoms with Crippen LogP contribution in [0.4, 0.5) is 0 Å². The van der Waals surface area contributed by atoms with Gasteiger partial charge in [0.15, 0.2) is 0 Å². The zero-order chi connectivity index (χ0) is 11.1. The monoisotopic (exact) mass is 207 g/mol. The molecule has 0 spiro atoms. The Labute approximate surface area is 88.2 Å². The maximum atomic E-state index is 11.5. The van der Waals surface area contributed by atoms with Crippen molar-refractivity contribution < 1.29 is 9.53 Å². The average Bonchev–Trinajstić information content (AvgIpc) is 2.29. The molecule has 0 atom stereocenters. The number of hydrogen-bond donors (Lipinski definition) is 1. The molecule has 1 amide bonds. The number of carbonyl (C=O) groups excluding carboxylic acids is 1. The molecule has 0 aliphatic carbocycles. The van der Waals surface area contributed by atoms with Gasteiger partial charge < -0.3 is 10.1 Å². The Balaban J connectivity index is 2.64. The molecule has 1 aromatic heterocycles. The van der Waals surface area contributed by atoms with E-state index in [-0.39, 0.29) is 11.9 Å². The van der Waals surface area contributed by atoms with Crippen molar-refractivity contribution in [3.63, 3.8) is 0 Å². The predicted molar refractivity (Wildman–Crippen MR) is 55.7 cm³/mol. The molecular formula is C10H13N3O2. The Hall–Kier alpha value is -1.91. The Kier molecular flexibility index (Phi) is 4.28. The highest BCUT2D eigenvalue weighted by Gasteiger charge is 2.07. The standard InChI is InChI=1S/C10H13N3O2/c1-3-4-6-11-9(14)8-5-7-12-10(13-8)15-2/h3-5,7H,6H2,1-2H3,(H,11,14)/b4-3+. The van der Waals surface area contributed by atoms with Crippen molar-refractivity contribution in [2.75, 3.05) is 13.7 Å². The molecule has 1 N–H and O–H groups in total. The summed E-state index contributed by atoms with van der Waals surface area (Å²) < 4.78 is 4.81. The zero-order valence-corrected chi connectivity index (χ0v) is 8.73. The van der Waals surface area contributed by atoms with Gasteiger partial charge in [-0.25, -0.2) is 4.98 Å². The SMILES string of the molecule is C/C=C/CNC(=O)c1ccnc(OC)n1. The molecule has 15 heavy (non-hydrogen) atoms. The van der Waals surface area contributed by atoms with E-state index in [1.807, 2.05) is 19.1 Å². The smallest absolute Gasteiger partial charge is 0.316 e. The van der Waals surface area contributed by atoms with Gasteiger partial charge in [0.2, 0.25) is 0 Å². The van der Waals surface area contributed by atoms with Crippen LogP contribution in [0.25, 0.3) is 0 Å². The van der Waals surface area contributed by atoms with Crippen molar-refractivity contribution in [1.29, 1.82) is 0 Å². The summed E-state index contributed by atoms with van der Waals surface area (Å²) in [5.41, 5.74) is 0.298. The third-order valence-corrected chi connectivity index (χ3v) is 1.66. The highest BCUT2D eigenvalue weighted by Crippen LogP contribution is 2.01. The summed E-state index contributed by atoms with van der Waals surface area (Å²) >= 11 is 0. The van der Waals surface area contributed by atoms with Crippen molar-refractivity contribution in [3.8, 4) is 6.01 Å². The number of allylic oxidation sites excluding steroid dienone is 1. The van der Waals surface area contributed by atoms with Crippen LogP contribution < -0.4 is 10.1 Å². The Morgan fingerprint density at radius 2 is 2.47 bits per heavy atom. The number of nitrogens with zero attached hydrogens (tertiary/aromatic N) is 2. The van der Waals surface area contributed by atoms with Gasteiger partial charge in [-0.1, -0.05) is 12.2 Å². The van der Waals surface area contributed by atoms with Gasteiger partial charge in [-0.2, -0.15) is 4.98 Å². The van der Waals surface area contributed by atoms with E-state index in [1.54, 1.807) is 0 Å². The van der Waals surface area contributed by atoms with Crippen LogP contribution in [0, 0.1) is 0 Å². The van der Waals surface area contributed by atoms with Gasteiger partial charge in [0.05, 0.1) is 7.11 Å². The van der Waals surface area contributed by atoms with Gasteiger partial charge >= 0.3 is 6.01 Å². The lowest BCUT2D eigenvalue weighted by atomic mass is 10.4. The quantitative estimate of drug-likeness (QED) is 0.741. The summed E-state index contributed by atoms with van der Waals surface area (Å²) in [6.07, 6.45) is 5.19. The van der Waals surface area contributed by atoms with Gasteiger partial charge in [-0.05, 0) is 13.0 Å². The molecule has 80 valence electrons. The van der Waals surface area contributed by atoms with E-state index in [2.05, 4.69) is 15.3 Å². The number of methoxy groups -OCH3 is 1. The van der Waals surface area contributed by atoms with Crippen molar-refractivity contribution >= 4 is 5.91 Å². The topological polar surface area (TPSA) is 64.1 Å². The first-order valence-corrected chi connectivity index (χ1v) is 4.54. The number of aromatic nitrogens is 2. The first-order valence-electron chi connectivity index (χ1n) is 4.54. The molecule has 0 aliphatic rings. The maximum Gasteiger partial charge on any atom is 0.316 e. The highest BCUT2D eigenvalue weighted by molar-refractivity contribution is 5.92. The molecule has 0 unspecified atom stereocenters. The van der Waals surface area contributed by atoms with E-state index < -0.39 is 0 Å². The van der Waals surface area contributed by atoms with E-state index in [4.69, 9.17) is 4.74 Å². The molecule has 5 heteroatoms. The van der Waals surface area contributed by atoms with Gasteiger partial charge in [0.1, 0.15) is 5.69 Å². The van der Waals surface area contributed by atoms with Crippen LogP contribution in [0.15, 0.2) is 24.4 Å². The molecule has 0 saturated heterocycles. The van der Waals surface area contributed by atoms with Gasteiger partial charge in [0, 0.05) is 12.7 Å². The average molecular weight is 207 g/mol. The van der Waals surface area contributed by atoms with Crippen LogP contribution >= 0.6 is 0 Å². The first-order chi connectivity index (χ1) is 7.27. The molecule has 0 radical (unpaired) electrons. The summed E-state index contributed by atoms with van der Waals surface area (Å²) in [5.74, 6) is -0.242. The van der Waals surface area contributed by atoms with Gasteiger partial charge in [-0.15, -0.1) is 0 Å². The van der Waals surface area contributed by atoms with E-state index >= 15 is 0 Å².